The SMILES string of the molecule is Cc1cc(-c2nc(NC3CCCCC3NC(=O)OC(C)(C)C)c(F)c3c2C(=O)N(C(=O)OC(C)(C)C)C3)sn1. The number of amides is 3. The summed E-state index contributed by atoms with van der Waals surface area (Å²) >= 11 is 1.14. The molecule has 212 valence electrons. The minimum Gasteiger partial charge on any atom is -0.444 e. The van der Waals surface area contributed by atoms with Crippen LogP contribution in [0.5, 0.6) is 0 Å². The summed E-state index contributed by atoms with van der Waals surface area (Å²) in [5.41, 5.74) is -0.402. The Labute approximate surface area is 231 Å². The zero-order chi connectivity index (χ0) is 28.7. The Kier molecular flexibility index (Phi) is 7.89. The number of halogens is 1. The molecular weight excluding hydrogens is 525 g/mol. The number of rotatable bonds is 4. The lowest BCUT2D eigenvalue weighted by atomic mass is 9.90. The van der Waals surface area contributed by atoms with Gasteiger partial charge in [0.1, 0.15) is 11.2 Å². The third-order valence-corrected chi connectivity index (χ3v) is 7.16. The summed E-state index contributed by atoms with van der Waals surface area (Å²) in [6.45, 7) is 12.0. The second-order valence-corrected chi connectivity index (χ2v) is 12.8. The monoisotopic (exact) mass is 561 g/mol. The molecule has 12 heteroatoms. The van der Waals surface area contributed by atoms with Gasteiger partial charge in [0.25, 0.3) is 5.91 Å². The highest BCUT2D eigenvalue weighted by molar-refractivity contribution is 7.09. The first-order chi connectivity index (χ1) is 18.1. The molecule has 1 aliphatic carbocycles. The molecule has 2 aromatic rings. The predicted octanol–water partition coefficient (Wildman–Crippen LogP) is 5.79. The summed E-state index contributed by atoms with van der Waals surface area (Å²) in [5.74, 6) is -1.42. The molecular formula is C27H36FN5O5S. The van der Waals surface area contributed by atoms with Crippen molar-refractivity contribution in [3.8, 4) is 10.6 Å². The van der Waals surface area contributed by atoms with Gasteiger partial charge in [-0.25, -0.2) is 23.9 Å². The highest BCUT2D eigenvalue weighted by atomic mass is 32.1. The van der Waals surface area contributed by atoms with Crippen molar-refractivity contribution < 1.29 is 28.2 Å². The van der Waals surface area contributed by atoms with Crippen LogP contribution in [0.1, 0.15) is 88.8 Å². The number of ether oxygens (including phenoxy) is 2. The molecule has 39 heavy (non-hydrogen) atoms. The lowest BCUT2D eigenvalue weighted by molar-refractivity contribution is 0.0247. The Morgan fingerprint density at radius 1 is 1.08 bits per heavy atom. The molecule has 1 saturated carbocycles. The van der Waals surface area contributed by atoms with Crippen LogP contribution in [0.4, 0.5) is 19.8 Å². The van der Waals surface area contributed by atoms with Gasteiger partial charge in [0.2, 0.25) is 0 Å². The van der Waals surface area contributed by atoms with Gasteiger partial charge in [-0.3, -0.25) is 4.79 Å². The average molecular weight is 562 g/mol. The maximum Gasteiger partial charge on any atom is 0.417 e. The van der Waals surface area contributed by atoms with Crippen LogP contribution in [0.3, 0.4) is 0 Å². The second-order valence-electron chi connectivity index (χ2n) is 12.0. The van der Waals surface area contributed by atoms with E-state index in [-0.39, 0.29) is 41.3 Å². The number of imide groups is 1. The topological polar surface area (TPSA) is 123 Å². The highest BCUT2D eigenvalue weighted by Crippen LogP contribution is 2.38. The second kappa shape index (κ2) is 10.7. The van der Waals surface area contributed by atoms with E-state index in [1.165, 1.54) is 0 Å². The fourth-order valence-electron chi connectivity index (χ4n) is 4.68. The number of hydrogen-bond acceptors (Lipinski definition) is 9. The molecule has 2 aliphatic rings. The van der Waals surface area contributed by atoms with Crippen LogP contribution < -0.4 is 10.6 Å². The largest absolute Gasteiger partial charge is 0.444 e. The number of anilines is 1. The van der Waals surface area contributed by atoms with Gasteiger partial charge in [0.05, 0.1) is 34.4 Å². The van der Waals surface area contributed by atoms with Crippen LogP contribution in [0, 0.1) is 12.7 Å². The number of aryl methyl sites for hydroxylation is 1. The molecule has 4 rings (SSSR count). The summed E-state index contributed by atoms with van der Waals surface area (Å²) in [6, 6.07) is 1.14. The standard InChI is InChI=1S/C27H36FN5O5S/c1-14-12-18(39-32-14)21-19-15(13-33(23(19)34)25(36)38-27(5,6)7)20(28)22(31-21)29-16-10-8-9-11-17(16)30-24(35)37-26(2,3)4/h12,16-17H,8-11,13H2,1-7H3,(H,29,31)(H,30,35). The highest BCUT2D eigenvalue weighted by Gasteiger charge is 2.41. The maximum atomic E-state index is 16.0. The third kappa shape index (κ3) is 6.66. The maximum absolute atomic E-state index is 16.0. The van der Waals surface area contributed by atoms with Gasteiger partial charge in [-0.15, -0.1) is 0 Å². The van der Waals surface area contributed by atoms with Crippen molar-refractivity contribution in [3.05, 3.63) is 28.7 Å². The molecule has 3 amide bonds. The number of carbonyl (C=O) groups excluding carboxylic acids is 3. The molecule has 0 spiro atoms. The quantitative estimate of drug-likeness (QED) is 0.481. The Morgan fingerprint density at radius 3 is 2.31 bits per heavy atom. The van der Waals surface area contributed by atoms with Crippen LogP contribution >= 0.6 is 11.5 Å². The number of pyridine rings is 1. The normalized spacial score (nSPS) is 19.5. The van der Waals surface area contributed by atoms with Crippen molar-refractivity contribution in [3.63, 3.8) is 0 Å². The summed E-state index contributed by atoms with van der Waals surface area (Å²) in [5, 5.41) is 6.11. The first-order valence-electron chi connectivity index (χ1n) is 13.1. The molecule has 3 heterocycles. The molecule has 0 radical (unpaired) electrons. The van der Waals surface area contributed by atoms with Gasteiger partial charge < -0.3 is 20.1 Å². The first-order valence-corrected chi connectivity index (χ1v) is 13.9. The average Bonchev–Trinajstić information content (AvgIpc) is 3.38. The number of nitrogens with one attached hydrogen (secondary N) is 2. The summed E-state index contributed by atoms with van der Waals surface area (Å²) in [7, 11) is 0. The summed E-state index contributed by atoms with van der Waals surface area (Å²) < 4.78 is 31.1. The summed E-state index contributed by atoms with van der Waals surface area (Å²) in [6.07, 6.45) is 1.78. The van der Waals surface area contributed by atoms with E-state index in [0.29, 0.717) is 17.7 Å². The minimum absolute atomic E-state index is 0.0274. The number of fused-ring (bicyclic) bond motifs is 1. The van der Waals surface area contributed by atoms with Crippen LogP contribution in [-0.2, 0) is 16.0 Å². The van der Waals surface area contributed by atoms with Gasteiger partial charge in [-0.05, 0) is 78.9 Å². The smallest absolute Gasteiger partial charge is 0.417 e. The first kappa shape index (κ1) is 28.7. The van der Waals surface area contributed by atoms with E-state index in [4.69, 9.17) is 9.47 Å². The van der Waals surface area contributed by atoms with Crippen molar-refractivity contribution in [1.82, 2.24) is 19.6 Å². The summed E-state index contributed by atoms with van der Waals surface area (Å²) in [4.78, 5) is 44.7. The zero-order valence-electron chi connectivity index (χ0n) is 23.4. The molecule has 2 atom stereocenters. The van der Waals surface area contributed by atoms with Crippen LogP contribution in [0.2, 0.25) is 0 Å². The van der Waals surface area contributed by atoms with E-state index in [1.807, 2.05) is 6.92 Å². The van der Waals surface area contributed by atoms with E-state index in [2.05, 4.69) is 20.0 Å². The molecule has 2 N–H and O–H groups in total. The van der Waals surface area contributed by atoms with Gasteiger partial charge in [-0.1, -0.05) is 12.8 Å². The van der Waals surface area contributed by atoms with E-state index >= 15 is 4.39 Å². The number of nitrogens with zero attached hydrogens (tertiary/aromatic N) is 3. The lowest BCUT2D eigenvalue weighted by Crippen LogP contribution is -2.50. The molecule has 2 unspecified atom stereocenters. The van der Waals surface area contributed by atoms with Crippen molar-refractivity contribution in [2.45, 2.75) is 104 Å². The van der Waals surface area contributed by atoms with E-state index in [0.717, 1.165) is 35.0 Å². The Balaban J connectivity index is 1.68. The Bertz CT molecular complexity index is 1280. The van der Waals surface area contributed by atoms with E-state index in [9.17, 15) is 14.4 Å². The number of alkyl carbamates (subject to hydrolysis) is 1. The van der Waals surface area contributed by atoms with Crippen molar-refractivity contribution in [1.29, 1.82) is 0 Å². The van der Waals surface area contributed by atoms with E-state index in [1.54, 1.807) is 47.6 Å². The van der Waals surface area contributed by atoms with Gasteiger partial charge in [-0.2, -0.15) is 4.37 Å². The number of aromatic nitrogens is 2. The van der Waals surface area contributed by atoms with Crippen molar-refractivity contribution >= 4 is 35.4 Å². The van der Waals surface area contributed by atoms with Gasteiger partial charge in [0.15, 0.2) is 11.6 Å². The lowest BCUT2D eigenvalue weighted by Gasteiger charge is -2.34. The number of carbonyl (C=O) groups is 3. The molecule has 2 aromatic heterocycles. The van der Waals surface area contributed by atoms with Gasteiger partial charge >= 0.3 is 12.2 Å². The molecule has 0 bridgehead atoms. The van der Waals surface area contributed by atoms with Crippen LogP contribution in [-0.4, -0.2) is 55.6 Å². The predicted molar refractivity (Wildman–Crippen MR) is 145 cm³/mol. The molecule has 0 saturated heterocycles. The fourth-order valence-corrected chi connectivity index (χ4v) is 5.43. The third-order valence-electron chi connectivity index (χ3n) is 6.28. The van der Waals surface area contributed by atoms with Crippen molar-refractivity contribution in [2.24, 2.45) is 0 Å². The Hall–Kier alpha value is -3.28. The molecule has 1 fully saturated rings. The molecule has 0 aromatic carbocycles. The number of hydrogen-bond donors (Lipinski definition) is 2. The fraction of sp³-hybridized carbons (Fsp3) is 0.593. The van der Waals surface area contributed by atoms with E-state index < -0.39 is 35.1 Å². The minimum atomic E-state index is -0.849. The Morgan fingerprint density at radius 2 is 1.72 bits per heavy atom. The van der Waals surface area contributed by atoms with Crippen LogP contribution in [0.25, 0.3) is 10.6 Å². The van der Waals surface area contributed by atoms with Crippen molar-refractivity contribution in [2.75, 3.05) is 5.32 Å². The molecule has 1 aliphatic heterocycles. The zero-order valence-corrected chi connectivity index (χ0v) is 24.3. The van der Waals surface area contributed by atoms with Gasteiger partial charge in [0, 0.05) is 11.6 Å². The molecule has 10 nitrogen and oxygen atoms in total. The van der Waals surface area contributed by atoms with Crippen LogP contribution in [0.15, 0.2) is 6.07 Å².